The molecule has 138 valence electrons. The van der Waals surface area contributed by atoms with E-state index in [1.54, 1.807) is 6.21 Å². The number of benzene rings is 4. The molecule has 28 heavy (non-hydrogen) atoms. The Morgan fingerprint density at radius 2 is 1.61 bits per heavy atom. The maximum atomic E-state index is 12.1. The van der Waals surface area contributed by atoms with Gasteiger partial charge in [0.1, 0.15) is 5.75 Å². The summed E-state index contributed by atoms with van der Waals surface area (Å²) in [5, 5.41) is 8.62. The fraction of sp³-hybridized carbons (Fsp3) is 0.0833. The van der Waals surface area contributed by atoms with E-state index in [1.807, 2.05) is 55.5 Å². The number of hydrogen-bond acceptors (Lipinski definition) is 3. The summed E-state index contributed by atoms with van der Waals surface area (Å²) in [4.78, 5) is 12.1. The van der Waals surface area contributed by atoms with Crippen molar-refractivity contribution in [2.24, 2.45) is 5.10 Å². The number of rotatable bonds is 5. The molecule has 4 aromatic rings. The third kappa shape index (κ3) is 3.86. The van der Waals surface area contributed by atoms with Crippen LogP contribution in [0.15, 0.2) is 84.0 Å². The summed E-state index contributed by atoms with van der Waals surface area (Å²) in [6, 6.07) is 26.1. The number of nitrogens with one attached hydrogen (secondary N) is 1. The van der Waals surface area contributed by atoms with Gasteiger partial charge in [0.2, 0.25) is 0 Å². The highest BCUT2D eigenvalue weighted by atomic mass is 16.5. The van der Waals surface area contributed by atoms with Crippen molar-refractivity contribution in [2.75, 3.05) is 6.61 Å². The van der Waals surface area contributed by atoms with Gasteiger partial charge in [-0.1, -0.05) is 60.7 Å². The van der Waals surface area contributed by atoms with E-state index in [1.165, 1.54) is 0 Å². The standard InChI is InChI=1S/C24H20N2O2/c1-17-7-6-10-20(13-17)28-16-24(27)26-25-15-23-21-11-4-2-8-18(21)14-19-9-3-5-12-22(19)23/h2-15H,16H2,1H3,(H,26,27)/b25-15-. The minimum absolute atomic E-state index is 0.0862. The van der Waals surface area contributed by atoms with Crippen molar-refractivity contribution in [3.8, 4) is 5.75 Å². The molecule has 0 heterocycles. The Kier molecular flexibility index (Phi) is 5.02. The molecule has 0 saturated carbocycles. The number of carbonyl (C=O) groups excluding carboxylic acids is 1. The van der Waals surface area contributed by atoms with Gasteiger partial charge < -0.3 is 4.74 Å². The zero-order chi connectivity index (χ0) is 19.3. The van der Waals surface area contributed by atoms with Gasteiger partial charge in [-0.3, -0.25) is 4.79 Å². The number of fused-ring (bicyclic) bond motifs is 2. The van der Waals surface area contributed by atoms with Gasteiger partial charge in [-0.2, -0.15) is 5.10 Å². The fourth-order valence-corrected chi connectivity index (χ4v) is 3.24. The Morgan fingerprint density at radius 3 is 2.29 bits per heavy atom. The Labute approximate surface area is 163 Å². The van der Waals surface area contributed by atoms with Gasteiger partial charge in [-0.25, -0.2) is 5.43 Å². The van der Waals surface area contributed by atoms with Crippen LogP contribution in [0.3, 0.4) is 0 Å². The summed E-state index contributed by atoms with van der Waals surface area (Å²) < 4.78 is 5.51. The van der Waals surface area contributed by atoms with Crippen molar-refractivity contribution in [2.45, 2.75) is 6.92 Å². The van der Waals surface area contributed by atoms with E-state index in [2.05, 4.69) is 40.9 Å². The topological polar surface area (TPSA) is 50.7 Å². The first-order valence-corrected chi connectivity index (χ1v) is 9.12. The first-order chi connectivity index (χ1) is 13.7. The van der Waals surface area contributed by atoms with Crippen molar-refractivity contribution in [1.29, 1.82) is 0 Å². The Hall–Kier alpha value is -3.66. The number of amides is 1. The van der Waals surface area contributed by atoms with E-state index in [0.29, 0.717) is 5.75 Å². The van der Waals surface area contributed by atoms with E-state index in [4.69, 9.17) is 4.74 Å². The van der Waals surface area contributed by atoms with Crippen LogP contribution in [0, 0.1) is 6.92 Å². The molecular formula is C24H20N2O2. The van der Waals surface area contributed by atoms with Crippen LogP contribution >= 0.6 is 0 Å². The van der Waals surface area contributed by atoms with Crippen LogP contribution in [0.5, 0.6) is 5.75 Å². The molecule has 0 spiro atoms. The van der Waals surface area contributed by atoms with Crippen molar-refractivity contribution < 1.29 is 9.53 Å². The van der Waals surface area contributed by atoms with Crippen LogP contribution in [0.2, 0.25) is 0 Å². The summed E-state index contributed by atoms with van der Waals surface area (Å²) >= 11 is 0. The third-order valence-corrected chi connectivity index (χ3v) is 4.56. The fourth-order valence-electron chi connectivity index (χ4n) is 3.24. The molecule has 4 heteroatoms. The molecule has 0 aromatic heterocycles. The number of hydrogen-bond donors (Lipinski definition) is 1. The van der Waals surface area contributed by atoms with Gasteiger partial charge in [-0.05, 0) is 52.2 Å². The van der Waals surface area contributed by atoms with Crippen LogP contribution in [-0.2, 0) is 4.79 Å². The van der Waals surface area contributed by atoms with E-state index < -0.39 is 0 Å². The third-order valence-electron chi connectivity index (χ3n) is 4.56. The SMILES string of the molecule is Cc1cccc(OCC(=O)N/N=C\c2c3ccccc3cc3ccccc23)c1. The smallest absolute Gasteiger partial charge is 0.277 e. The Morgan fingerprint density at radius 1 is 0.929 bits per heavy atom. The molecule has 4 nitrogen and oxygen atoms in total. The van der Waals surface area contributed by atoms with Crippen LogP contribution in [-0.4, -0.2) is 18.7 Å². The molecule has 4 aromatic carbocycles. The predicted octanol–water partition coefficient (Wildman–Crippen LogP) is 4.83. The van der Waals surface area contributed by atoms with Gasteiger partial charge in [-0.15, -0.1) is 0 Å². The molecule has 0 saturated heterocycles. The molecule has 0 aliphatic heterocycles. The highest BCUT2D eigenvalue weighted by molar-refractivity contribution is 6.13. The highest BCUT2D eigenvalue weighted by Gasteiger charge is 2.06. The second-order valence-electron chi connectivity index (χ2n) is 6.63. The van der Waals surface area contributed by atoms with Crippen molar-refractivity contribution in [1.82, 2.24) is 5.43 Å². The molecule has 0 aliphatic rings. The second-order valence-corrected chi connectivity index (χ2v) is 6.63. The van der Waals surface area contributed by atoms with E-state index in [0.717, 1.165) is 32.7 Å². The summed E-state index contributed by atoms with van der Waals surface area (Å²) in [6.07, 6.45) is 1.70. The maximum Gasteiger partial charge on any atom is 0.277 e. The molecule has 0 unspecified atom stereocenters. The molecule has 0 atom stereocenters. The number of ether oxygens (including phenoxy) is 1. The van der Waals surface area contributed by atoms with Crippen LogP contribution in [0.4, 0.5) is 0 Å². The summed E-state index contributed by atoms with van der Waals surface area (Å²) in [7, 11) is 0. The molecule has 0 aliphatic carbocycles. The molecular weight excluding hydrogens is 348 g/mol. The summed E-state index contributed by atoms with van der Waals surface area (Å²) in [5.41, 5.74) is 4.61. The van der Waals surface area contributed by atoms with Gasteiger partial charge in [0, 0.05) is 5.56 Å². The zero-order valence-corrected chi connectivity index (χ0v) is 15.6. The van der Waals surface area contributed by atoms with Crippen molar-refractivity contribution >= 4 is 33.7 Å². The normalized spacial score (nSPS) is 11.2. The lowest BCUT2D eigenvalue weighted by Gasteiger charge is -2.08. The number of nitrogens with zero attached hydrogens (tertiary/aromatic N) is 1. The Balaban J connectivity index is 1.52. The lowest BCUT2D eigenvalue weighted by Crippen LogP contribution is -2.24. The molecule has 0 radical (unpaired) electrons. The average Bonchev–Trinajstić information content (AvgIpc) is 2.72. The van der Waals surface area contributed by atoms with E-state index >= 15 is 0 Å². The number of hydrazone groups is 1. The minimum atomic E-state index is -0.303. The number of carbonyl (C=O) groups is 1. The maximum absolute atomic E-state index is 12.1. The number of aryl methyl sites for hydroxylation is 1. The average molecular weight is 368 g/mol. The lowest BCUT2D eigenvalue weighted by atomic mass is 9.97. The van der Waals surface area contributed by atoms with Gasteiger partial charge in [0.15, 0.2) is 6.61 Å². The minimum Gasteiger partial charge on any atom is -0.484 e. The van der Waals surface area contributed by atoms with E-state index in [-0.39, 0.29) is 12.5 Å². The van der Waals surface area contributed by atoms with E-state index in [9.17, 15) is 4.79 Å². The quantitative estimate of drug-likeness (QED) is 0.312. The molecule has 0 fully saturated rings. The van der Waals surface area contributed by atoms with Gasteiger partial charge in [0.25, 0.3) is 5.91 Å². The van der Waals surface area contributed by atoms with Crippen molar-refractivity contribution in [3.63, 3.8) is 0 Å². The van der Waals surface area contributed by atoms with Gasteiger partial charge in [0.05, 0.1) is 6.21 Å². The van der Waals surface area contributed by atoms with Gasteiger partial charge >= 0.3 is 0 Å². The first kappa shape index (κ1) is 17.7. The molecule has 1 N–H and O–H groups in total. The van der Waals surface area contributed by atoms with Crippen LogP contribution in [0.1, 0.15) is 11.1 Å². The van der Waals surface area contributed by atoms with Crippen LogP contribution in [0.25, 0.3) is 21.5 Å². The van der Waals surface area contributed by atoms with Crippen LogP contribution < -0.4 is 10.2 Å². The predicted molar refractivity (Wildman–Crippen MR) is 114 cm³/mol. The summed E-state index contributed by atoms with van der Waals surface area (Å²) in [5.74, 6) is 0.362. The Bertz CT molecular complexity index is 1130. The first-order valence-electron chi connectivity index (χ1n) is 9.12. The summed E-state index contributed by atoms with van der Waals surface area (Å²) in [6.45, 7) is 1.89. The van der Waals surface area contributed by atoms with Crippen molar-refractivity contribution in [3.05, 3.63) is 90.0 Å². The second kappa shape index (κ2) is 7.92. The lowest BCUT2D eigenvalue weighted by molar-refractivity contribution is -0.123. The largest absolute Gasteiger partial charge is 0.484 e. The molecule has 0 bridgehead atoms. The highest BCUT2D eigenvalue weighted by Crippen LogP contribution is 2.27. The monoisotopic (exact) mass is 368 g/mol. The molecule has 1 amide bonds. The molecule has 4 rings (SSSR count). The zero-order valence-electron chi connectivity index (χ0n) is 15.6.